The molecule has 0 saturated carbocycles. The zero-order valence-corrected chi connectivity index (χ0v) is 27.3. The molecule has 1 heterocycles. The van der Waals surface area contributed by atoms with Crippen molar-refractivity contribution < 1.29 is 0 Å². The van der Waals surface area contributed by atoms with E-state index in [0.29, 0.717) is 0 Å². The van der Waals surface area contributed by atoms with E-state index in [1.54, 1.807) is 0 Å². The fourth-order valence-electron chi connectivity index (χ4n) is 7.59. The van der Waals surface area contributed by atoms with Gasteiger partial charge in [-0.05, 0) is 81.4 Å². The molecule has 8 aromatic rings. The summed E-state index contributed by atoms with van der Waals surface area (Å²) in [5.41, 5.74) is 13.8. The summed E-state index contributed by atoms with van der Waals surface area (Å²) in [6.45, 7) is 4.70. The van der Waals surface area contributed by atoms with E-state index in [-0.39, 0.29) is 5.41 Å². The van der Waals surface area contributed by atoms with Gasteiger partial charge in [0.25, 0.3) is 0 Å². The number of hydrogen-bond acceptors (Lipinski definition) is 2. The first-order valence-electron chi connectivity index (χ1n) is 16.3. The summed E-state index contributed by atoms with van der Waals surface area (Å²) in [7, 11) is 0. The van der Waals surface area contributed by atoms with E-state index in [4.69, 9.17) is 0 Å². The number of nitrogens with zero attached hydrogens (tertiary/aromatic N) is 1. The van der Waals surface area contributed by atoms with E-state index < -0.39 is 0 Å². The summed E-state index contributed by atoms with van der Waals surface area (Å²) in [6.07, 6.45) is 0. The van der Waals surface area contributed by atoms with E-state index in [0.717, 1.165) is 17.1 Å². The van der Waals surface area contributed by atoms with Gasteiger partial charge in [-0.1, -0.05) is 135 Å². The molecule has 0 spiro atoms. The highest BCUT2D eigenvalue weighted by Crippen LogP contribution is 2.53. The highest BCUT2D eigenvalue weighted by atomic mass is 32.1. The maximum Gasteiger partial charge on any atom is 0.0540 e. The minimum atomic E-state index is -0.0509. The van der Waals surface area contributed by atoms with Crippen molar-refractivity contribution in [2.24, 2.45) is 0 Å². The van der Waals surface area contributed by atoms with E-state index in [2.05, 4.69) is 183 Å². The van der Waals surface area contributed by atoms with Crippen LogP contribution in [-0.4, -0.2) is 0 Å². The molecule has 2 heteroatoms. The van der Waals surface area contributed by atoms with Crippen molar-refractivity contribution in [3.63, 3.8) is 0 Å². The van der Waals surface area contributed by atoms with Gasteiger partial charge in [0.2, 0.25) is 0 Å². The van der Waals surface area contributed by atoms with Crippen molar-refractivity contribution in [2.45, 2.75) is 19.3 Å². The summed E-state index contributed by atoms with van der Waals surface area (Å²) in [6, 6.07) is 60.0. The van der Waals surface area contributed by atoms with Gasteiger partial charge in [0, 0.05) is 42.5 Å². The molecule has 0 bridgehead atoms. The quantitative estimate of drug-likeness (QED) is 0.185. The predicted octanol–water partition coefficient (Wildman–Crippen LogP) is 13.2. The van der Waals surface area contributed by atoms with Crippen molar-refractivity contribution in [1.82, 2.24) is 0 Å². The van der Waals surface area contributed by atoms with Crippen LogP contribution >= 0.6 is 11.3 Å². The van der Waals surface area contributed by atoms with Crippen LogP contribution in [0.4, 0.5) is 17.1 Å². The third-order valence-electron chi connectivity index (χ3n) is 9.89. The largest absolute Gasteiger partial charge is 0.310 e. The van der Waals surface area contributed by atoms with Crippen LogP contribution in [0.25, 0.3) is 53.6 Å². The Bertz CT molecular complexity index is 2430. The van der Waals surface area contributed by atoms with E-state index in [9.17, 15) is 0 Å². The maximum absolute atomic E-state index is 2.40. The van der Waals surface area contributed by atoms with E-state index >= 15 is 0 Å². The van der Waals surface area contributed by atoms with Gasteiger partial charge in [-0.15, -0.1) is 11.3 Å². The van der Waals surface area contributed by atoms with Crippen molar-refractivity contribution >= 4 is 48.6 Å². The van der Waals surface area contributed by atoms with Crippen molar-refractivity contribution in [3.8, 4) is 33.4 Å². The minimum absolute atomic E-state index is 0.0509. The lowest BCUT2D eigenvalue weighted by molar-refractivity contribution is 0.660. The molecule has 0 aliphatic heterocycles. The van der Waals surface area contributed by atoms with Gasteiger partial charge >= 0.3 is 0 Å². The van der Waals surface area contributed by atoms with Crippen LogP contribution in [0, 0.1) is 0 Å². The van der Waals surface area contributed by atoms with Crippen molar-refractivity contribution in [1.29, 1.82) is 0 Å². The third-order valence-corrected chi connectivity index (χ3v) is 11.0. The number of fused-ring (bicyclic) bond motifs is 6. The topological polar surface area (TPSA) is 3.24 Å². The van der Waals surface area contributed by atoms with E-state index in [1.165, 1.54) is 64.7 Å². The Labute approximate surface area is 280 Å². The maximum atomic E-state index is 2.40. The molecule has 1 aliphatic rings. The summed E-state index contributed by atoms with van der Waals surface area (Å²) in [5, 5.41) is 2.67. The normalized spacial score (nSPS) is 13.1. The lowest BCUT2D eigenvalue weighted by Crippen LogP contribution is -2.14. The van der Waals surface area contributed by atoms with Gasteiger partial charge in [0.1, 0.15) is 0 Å². The van der Waals surface area contributed by atoms with Crippen LogP contribution < -0.4 is 4.90 Å². The molecule has 0 unspecified atom stereocenters. The summed E-state index contributed by atoms with van der Waals surface area (Å²) in [5.74, 6) is 0. The van der Waals surface area contributed by atoms with Gasteiger partial charge < -0.3 is 4.90 Å². The molecule has 47 heavy (non-hydrogen) atoms. The molecule has 1 aromatic heterocycles. The van der Waals surface area contributed by atoms with Crippen LogP contribution in [0.15, 0.2) is 164 Å². The lowest BCUT2D eigenvalue weighted by Gasteiger charge is -2.28. The standard InChI is InChI=1S/C45H33NS/c1-45(2)39-19-9-6-17-38(39)44-37(18-12-20-40(44)45)34-15-7-10-21-41(34)46(32-13-4-3-5-14-32)33-26-23-30(24-27-33)31-25-28-36-35-16-8-11-22-42(35)47-43(36)29-31/h3-29H,1-2H3. The van der Waals surface area contributed by atoms with Gasteiger partial charge in [-0.3, -0.25) is 0 Å². The number of hydrogen-bond donors (Lipinski definition) is 0. The molecule has 0 atom stereocenters. The molecular formula is C45H33NS. The summed E-state index contributed by atoms with van der Waals surface area (Å²) < 4.78 is 2.66. The Morgan fingerprint density at radius 1 is 0.447 bits per heavy atom. The van der Waals surface area contributed by atoms with Crippen molar-refractivity contribution in [3.05, 3.63) is 175 Å². The van der Waals surface area contributed by atoms with Crippen molar-refractivity contribution in [2.75, 3.05) is 4.90 Å². The highest BCUT2D eigenvalue weighted by molar-refractivity contribution is 7.25. The molecular weight excluding hydrogens is 587 g/mol. The van der Waals surface area contributed by atoms with Crippen LogP contribution in [0.1, 0.15) is 25.0 Å². The second kappa shape index (κ2) is 10.8. The fraction of sp³-hybridized carbons (Fsp3) is 0.0667. The average molecular weight is 620 g/mol. The first kappa shape index (κ1) is 27.8. The van der Waals surface area contributed by atoms with Crippen LogP contribution in [-0.2, 0) is 5.41 Å². The van der Waals surface area contributed by atoms with Gasteiger partial charge in [-0.2, -0.15) is 0 Å². The SMILES string of the molecule is CC1(C)c2ccccc2-c2c(-c3ccccc3N(c3ccccc3)c3ccc(-c4ccc5c(c4)sc4ccccc45)cc3)cccc21. The average Bonchev–Trinajstić information content (AvgIpc) is 3.61. The van der Waals surface area contributed by atoms with Crippen LogP contribution in [0.3, 0.4) is 0 Å². The number of para-hydroxylation sites is 2. The zero-order valence-electron chi connectivity index (χ0n) is 26.4. The first-order chi connectivity index (χ1) is 23.1. The Balaban J connectivity index is 1.17. The lowest BCUT2D eigenvalue weighted by atomic mass is 9.82. The molecule has 9 rings (SSSR count). The van der Waals surface area contributed by atoms with Gasteiger partial charge in [-0.25, -0.2) is 0 Å². The van der Waals surface area contributed by atoms with E-state index in [1.807, 2.05) is 11.3 Å². The number of thiophene rings is 1. The van der Waals surface area contributed by atoms with Crippen LogP contribution in [0.2, 0.25) is 0 Å². The Morgan fingerprint density at radius 3 is 1.91 bits per heavy atom. The second-order valence-corrected chi connectivity index (χ2v) is 14.0. The number of benzene rings is 7. The molecule has 0 N–H and O–H groups in total. The molecule has 7 aromatic carbocycles. The molecule has 224 valence electrons. The molecule has 0 radical (unpaired) electrons. The molecule has 1 aliphatic carbocycles. The second-order valence-electron chi connectivity index (χ2n) is 12.9. The third kappa shape index (κ3) is 4.44. The van der Waals surface area contributed by atoms with Crippen LogP contribution in [0.5, 0.6) is 0 Å². The first-order valence-corrected chi connectivity index (χ1v) is 17.1. The summed E-state index contributed by atoms with van der Waals surface area (Å²) in [4.78, 5) is 2.40. The number of anilines is 3. The highest BCUT2D eigenvalue weighted by Gasteiger charge is 2.37. The predicted molar refractivity (Wildman–Crippen MR) is 202 cm³/mol. The monoisotopic (exact) mass is 619 g/mol. The zero-order chi connectivity index (χ0) is 31.5. The summed E-state index contributed by atoms with van der Waals surface area (Å²) >= 11 is 1.87. The molecule has 0 saturated heterocycles. The molecule has 0 amide bonds. The van der Waals surface area contributed by atoms with Gasteiger partial charge in [0.05, 0.1) is 5.69 Å². The minimum Gasteiger partial charge on any atom is -0.310 e. The molecule has 1 nitrogen and oxygen atoms in total. The smallest absolute Gasteiger partial charge is 0.0540 e. The Morgan fingerprint density at radius 2 is 1.06 bits per heavy atom. The Hall–Kier alpha value is -5.44. The van der Waals surface area contributed by atoms with Gasteiger partial charge in [0.15, 0.2) is 0 Å². The Kier molecular flexibility index (Phi) is 6.41. The molecule has 0 fully saturated rings. The fourth-order valence-corrected chi connectivity index (χ4v) is 8.73. The number of rotatable bonds is 5.